The van der Waals surface area contributed by atoms with Crippen molar-refractivity contribution in [1.29, 1.82) is 0 Å². The average molecular weight is 221 g/mol. The van der Waals surface area contributed by atoms with Crippen LogP contribution in [0.4, 0.5) is 0 Å². The molecule has 0 unspecified atom stereocenters. The van der Waals surface area contributed by atoms with E-state index in [4.69, 9.17) is 5.73 Å². The lowest BCUT2D eigenvalue weighted by Crippen LogP contribution is -2.36. The molecule has 1 aromatic rings. The van der Waals surface area contributed by atoms with Gasteiger partial charge in [0.1, 0.15) is 0 Å². The minimum Gasteiger partial charge on any atom is -0.370 e. The molecule has 0 bridgehead atoms. The van der Waals surface area contributed by atoms with Crippen molar-refractivity contribution < 1.29 is 0 Å². The lowest BCUT2D eigenvalue weighted by atomic mass is 10.4. The van der Waals surface area contributed by atoms with Gasteiger partial charge in [0.05, 0.1) is 19.3 Å². The topological polar surface area (TPSA) is 59.4 Å². The van der Waals surface area contributed by atoms with Crippen LogP contribution in [0.25, 0.3) is 0 Å². The molecule has 1 saturated carbocycles. The number of aliphatic imine (C=N–C) groups is 1. The van der Waals surface area contributed by atoms with Gasteiger partial charge in [-0.15, -0.1) is 0 Å². The SMILES string of the molecule is Cc1cnn(CCN=C(N)N(C)C2CC2)c1. The van der Waals surface area contributed by atoms with Crippen molar-refractivity contribution in [3.8, 4) is 0 Å². The second-order valence-corrected chi connectivity index (χ2v) is 4.36. The van der Waals surface area contributed by atoms with Crippen LogP contribution >= 0.6 is 0 Å². The summed E-state index contributed by atoms with van der Waals surface area (Å²) in [5.41, 5.74) is 7.05. The van der Waals surface area contributed by atoms with Gasteiger partial charge in [-0.3, -0.25) is 9.67 Å². The van der Waals surface area contributed by atoms with Gasteiger partial charge in [-0.05, 0) is 25.3 Å². The Kier molecular flexibility index (Phi) is 3.12. The van der Waals surface area contributed by atoms with Crippen molar-refractivity contribution in [3.63, 3.8) is 0 Å². The quantitative estimate of drug-likeness (QED) is 0.598. The van der Waals surface area contributed by atoms with Gasteiger partial charge in [0.15, 0.2) is 5.96 Å². The molecule has 0 amide bonds. The molecule has 1 aliphatic carbocycles. The molecule has 0 atom stereocenters. The van der Waals surface area contributed by atoms with E-state index in [-0.39, 0.29) is 0 Å². The van der Waals surface area contributed by atoms with Gasteiger partial charge in [0.2, 0.25) is 0 Å². The second kappa shape index (κ2) is 4.55. The van der Waals surface area contributed by atoms with Crippen LogP contribution in [0.5, 0.6) is 0 Å². The van der Waals surface area contributed by atoms with E-state index in [1.807, 2.05) is 31.0 Å². The van der Waals surface area contributed by atoms with Crippen molar-refractivity contribution in [2.75, 3.05) is 13.6 Å². The maximum atomic E-state index is 5.87. The monoisotopic (exact) mass is 221 g/mol. The number of aryl methyl sites for hydroxylation is 1. The van der Waals surface area contributed by atoms with Crippen LogP contribution < -0.4 is 5.73 Å². The van der Waals surface area contributed by atoms with Crippen molar-refractivity contribution in [2.45, 2.75) is 32.4 Å². The Morgan fingerprint density at radius 2 is 2.44 bits per heavy atom. The first-order chi connectivity index (χ1) is 7.66. The third-order valence-electron chi connectivity index (χ3n) is 2.82. The van der Waals surface area contributed by atoms with E-state index in [2.05, 4.69) is 15.0 Å². The summed E-state index contributed by atoms with van der Waals surface area (Å²) in [5, 5.41) is 4.20. The molecular formula is C11H19N5. The van der Waals surface area contributed by atoms with E-state index in [1.165, 1.54) is 18.4 Å². The first kappa shape index (κ1) is 11.0. The van der Waals surface area contributed by atoms with Gasteiger partial charge in [0.25, 0.3) is 0 Å². The van der Waals surface area contributed by atoms with Crippen LogP contribution in [0.2, 0.25) is 0 Å². The van der Waals surface area contributed by atoms with Crippen molar-refractivity contribution >= 4 is 5.96 Å². The number of rotatable bonds is 4. The minimum absolute atomic E-state index is 0.621. The zero-order chi connectivity index (χ0) is 11.5. The largest absolute Gasteiger partial charge is 0.370 e. The predicted octanol–water partition coefficient (Wildman–Crippen LogP) is 0.600. The summed E-state index contributed by atoms with van der Waals surface area (Å²) in [6, 6.07) is 0.621. The number of aromatic nitrogens is 2. The fourth-order valence-electron chi connectivity index (χ4n) is 1.62. The molecule has 0 spiro atoms. The lowest BCUT2D eigenvalue weighted by molar-refractivity contribution is 0.485. The Hall–Kier alpha value is -1.52. The number of hydrogen-bond acceptors (Lipinski definition) is 2. The molecule has 5 nitrogen and oxygen atoms in total. The zero-order valence-electron chi connectivity index (χ0n) is 9.93. The normalized spacial score (nSPS) is 16.5. The second-order valence-electron chi connectivity index (χ2n) is 4.36. The maximum Gasteiger partial charge on any atom is 0.191 e. The van der Waals surface area contributed by atoms with E-state index in [1.54, 1.807) is 0 Å². The highest BCUT2D eigenvalue weighted by molar-refractivity contribution is 5.78. The molecule has 1 fully saturated rings. The lowest BCUT2D eigenvalue weighted by Gasteiger charge is -2.16. The first-order valence-corrected chi connectivity index (χ1v) is 5.68. The van der Waals surface area contributed by atoms with Crippen LogP contribution in [0.15, 0.2) is 17.4 Å². The number of nitrogens with zero attached hydrogens (tertiary/aromatic N) is 4. The minimum atomic E-state index is 0.621. The van der Waals surface area contributed by atoms with Crippen LogP contribution in [0, 0.1) is 6.92 Å². The summed E-state index contributed by atoms with van der Waals surface area (Å²) < 4.78 is 1.89. The van der Waals surface area contributed by atoms with E-state index in [0.717, 1.165) is 6.54 Å². The van der Waals surface area contributed by atoms with Gasteiger partial charge < -0.3 is 10.6 Å². The van der Waals surface area contributed by atoms with Crippen molar-refractivity contribution in [2.24, 2.45) is 10.7 Å². The van der Waals surface area contributed by atoms with E-state index >= 15 is 0 Å². The Bertz CT molecular complexity index is 377. The summed E-state index contributed by atoms with van der Waals surface area (Å²) in [6.07, 6.45) is 6.34. The number of hydrogen-bond donors (Lipinski definition) is 1. The molecule has 0 radical (unpaired) electrons. The van der Waals surface area contributed by atoms with Gasteiger partial charge in [0, 0.05) is 19.3 Å². The van der Waals surface area contributed by atoms with Crippen LogP contribution in [0.1, 0.15) is 18.4 Å². The molecule has 2 N–H and O–H groups in total. The zero-order valence-corrected chi connectivity index (χ0v) is 9.93. The number of guanidine groups is 1. The molecule has 0 saturated heterocycles. The molecule has 1 aliphatic rings. The molecule has 1 heterocycles. The van der Waals surface area contributed by atoms with Gasteiger partial charge in [-0.2, -0.15) is 5.10 Å². The molecule has 2 rings (SSSR count). The Morgan fingerprint density at radius 1 is 1.69 bits per heavy atom. The Labute approximate surface area is 95.9 Å². The summed E-state index contributed by atoms with van der Waals surface area (Å²) in [4.78, 5) is 6.41. The molecule has 0 aromatic carbocycles. The molecule has 5 heteroatoms. The predicted molar refractivity (Wildman–Crippen MR) is 64.2 cm³/mol. The smallest absolute Gasteiger partial charge is 0.191 e. The fraction of sp³-hybridized carbons (Fsp3) is 0.636. The van der Waals surface area contributed by atoms with E-state index < -0.39 is 0 Å². The Morgan fingerprint density at radius 3 is 3.00 bits per heavy atom. The molecule has 88 valence electrons. The van der Waals surface area contributed by atoms with E-state index in [9.17, 15) is 0 Å². The van der Waals surface area contributed by atoms with Crippen LogP contribution in [-0.2, 0) is 6.54 Å². The molecule has 1 aromatic heterocycles. The standard InChI is InChI=1S/C11H19N5/c1-9-7-14-16(8-9)6-5-13-11(12)15(2)10-3-4-10/h7-8,10H,3-6H2,1-2H3,(H2,12,13). The number of nitrogens with two attached hydrogens (primary N) is 1. The van der Waals surface area contributed by atoms with E-state index in [0.29, 0.717) is 18.5 Å². The third-order valence-corrected chi connectivity index (χ3v) is 2.82. The molecule has 16 heavy (non-hydrogen) atoms. The average Bonchev–Trinajstić information content (AvgIpc) is 3.02. The highest BCUT2D eigenvalue weighted by Crippen LogP contribution is 2.24. The summed E-state index contributed by atoms with van der Waals surface area (Å²) in [5.74, 6) is 0.645. The third kappa shape index (κ3) is 2.74. The van der Waals surface area contributed by atoms with Crippen molar-refractivity contribution in [1.82, 2.24) is 14.7 Å². The van der Waals surface area contributed by atoms with Gasteiger partial charge in [-0.1, -0.05) is 0 Å². The van der Waals surface area contributed by atoms with Gasteiger partial charge >= 0.3 is 0 Å². The maximum absolute atomic E-state index is 5.87. The van der Waals surface area contributed by atoms with Crippen LogP contribution in [-0.4, -0.2) is 40.3 Å². The highest BCUT2D eigenvalue weighted by Gasteiger charge is 2.27. The fourth-order valence-corrected chi connectivity index (χ4v) is 1.62. The van der Waals surface area contributed by atoms with Crippen LogP contribution in [0.3, 0.4) is 0 Å². The first-order valence-electron chi connectivity index (χ1n) is 5.68. The van der Waals surface area contributed by atoms with Gasteiger partial charge in [-0.25, -0.2) is 0 Å². The molecule has 0 aliphatic heterocycles. The summed E-state index contributed by atoms with van der Waals surface area (Å²) in [6.45, 7) is 3.50. The summed E-state index contributed by atoms with van der Waals surface area (Å²) >= 11 is 0. The Balaban J connectivity index is 1.79. The highest BCUT2D eigenvalue weighted by atomic mass is 15.3. The van der Waals surface area contributed by atoms with Crippen molar-refractivity contribution in [3.05, 3.63) is 18.0 Å². The molecular weight excluding hydrogens is 202 g/mol. The summed E-state index contributed by atoms with van der Waals surface area (Å²) in [7, 11) is 2.01.